The van der Waals surface area contributed by atoms with E-state index in [1.807, 2.05) is 32.0 Å². The Kier molecular flexibility index (Phi) is 6.23. The highest BCUT2D eigenvalue weighted by atomic mass is 35.5. The summed E-state index contributed by atoms with van der Waals surface area (Å²) in [5.74, 6) is -0.973. The van der Waals surface area contributed by atoms with E-state index in [0.29, 0.717) is 21.3 Å². The molecule has 0 saturated carbocycles. The Morgan fingerprint density at radius 1 is 1.04 bits per heavy atom. The van der Waals surface area contributed by atoms with Gasteiger partial charge in [0, 0.05) is 21.3 Å². The van der Waals surface area contributed by atoms with Gasteiger partial charge in [0.15, 0.2) is 6.61 Å². The Morgan fingerprint density at radius 3 is 2.21 bits per heavy atom. The first-order valence-electron chi connectivity index (χ1n) is 7.32. The van der Waals surface area contributed by atoms with E-state index < -0.39 is 11.9 Å². The molecule has 1 amide bonds. The van der Waals surface area contributed by atoms with Crippen LogP contribution in [0.4, 0.5) is 5.69 Å². The maximum atomic E-state index is 11.9. The summed E-state index contributed by atoms with van der Waals surface area (Å²) < 4.78 is 4.98. The smallest absolute Gasteiger partial charge is 0.310 e. The third-order valence-corrected chi connectivity index (χ3v) is 3.96. The third-order valence-electron chi connectivity index (χ3n) is 3.25. The van der Waals surface area contributed by atoms with Crippen LogP contribution in [0.3, 0.4) is 0 Å². The van der Waals surface area contributed by atoms with Gasteiger partial charge in [0.25, 0.3) is 5.91 Å². The zero-order valence-electron chi connectivity index (χ0n) is 13.4. The van der Waals surface area contributed by atoms with Gasteiger partial charge in [-0.05, 0) is 49.2 Å². The number of hydrogen-bond donors (Lipinski definition) is 1. The van der Waals surface area contributed by atoms with E-state index >= 15 is 0 Å². The number of ether oxygens (including phenoxy) is 1. The molecule has 0 spiro atoms. The Labute approximate surface area is 150 Å². The number of aryl methyl sites for hydroxylation is 2. The van der Waals surface area contributed by atoms with E-state index in [4.69, 9.17) is 27.9 Å². The summed E-state index contributed by atoms with van der Waals surface area (Å²) in [5, 5.41) is 3.47. The number of esters is 1. The first-order valence-corrected chi connectivity index (χ1v) is 8.07. The lowest BCUT2D eigenvalue weighted by Gasteiger charge is -2.09. The number of amides is 1. The lowest BCUT2D eigenvalue weighted by molar-refractivity contribution is -0.146. The van der Waals surface area contributed by atoms with Crippen LogP contribution >= 0.6 is 23.2 Å². The van der Waals surface area contributed by atoms with Crippen LogP contribution in [0, 0.1) is 13.8 Å². The van der Waals surface area contributed by atoms with Crippen molar-refractivity contribution in [1.29, 1.82) is 0 Å². The average Bonchev–Trinajstić information content (AvgIpc) is 2.48. The molecule has 0 radical (unpaired) electrons. The predicted octanol–water partition coefficient (Wildman–Crippen LogP) is 4.33. The zero-order chi connectivity index (χ0) is 17.7. The fourth-order valence-electron chi connectivity index (χ4n) is 2.29. The zero-order valence-corrected chi connectivity index (χ0v) is 14.9. The summed E-state index contributed by atoms with van der Waals surface area (Å²) in [5.41, 5.74) is 3.23. The van der Waals surface area contributed by atoms with E-state index in [9.17, 15) is 9.59 Å². The minimum atomic E-state index is -0.569. The molecular formula is C18H17Cl2NO3. The summed E-state index contributed by atoms with van der Waals surface area (Å²) in [4.78, 5) is 23.7. The molecule has 2 rings (SSSR count). The monoisotopic (exact) mass is 365 g/mol. The molecule has 2 aromatic rings. The fourth-order valence-corrected chi connectivity index (χ4v) is 2.82. The van der Waals surface area contributed by atoms with Crippen molar-refractivity contribution in [3.05, 3.63) is 63.1 Å². The molecule has 4 nitrogen and oxygen atoms in total. The highest BCUT2D eigenvalue weighted by molar-refractivity contribution is 6.36. The van der Waals surface area contributed by atoms with Crippen LogP contribution in [0.5, 0.6) is 0 Å². The van der Waals surface area contributed by atoms with Gasteiger partial charge >= 0.3 is 5.97 Å². The van der Waals surface area contributed by atoms with Crippen molar-refractivity contribution >= 4 is 40.8 Å². The molecule has 126 valence electrons. The van der Waals surface area contributed by atoms with E-state index in [1.54, 1.807) is 18.2 Å². The van der Waals surface area contributed by atoms with E-state index in [-0.39, 0.29) is 13.0 Å². The second-order valence-electron chi connectivity index (χ2n) is 5.46. The maximum absolute atomic E-state index is 11.9. The molecule has 0 heterocycles. The number of nitrogens with one attached hydrogen (secondary N) is 1. The van der Waals surface area contributed by atoms with Crippen molar-refractivity contribution < 1.29 is 14.3 Å². The number of halogens is 2. The van der Waals surface area contributed by atoms with Gasteiger partial charge in [-0.1, -0.05) is 35.3 Å². The minimum Gasteiger partial charge on any atom is -0.455 e. The van der Waals surface area contributed by atoms with Crippen LogP contribution in [0.15, 0.2) is 36.4 Å². The number of anilines is 1. The Hall–Kier alpha value is -2.04. The first-order chi connectivity index (χ1) is 11.3. The van der Waals surface area contributed by atoms with Crippen molar-refractivity contribution in [1.82, 2.24) is 0 Å². The molecule has 24 heavy (non-hydrogen) atoms. The number of benzene rings is 2. The highest BCUT2D eigenvalue weighted by Crippen LogP contribution is 2.24. The van der Waals surface area contributed by atoms with Gasteiger partial charge in [-0.15, -0.1) is 0 Å². The maximum Gasteiger partial charge on any atom is 0.310 e. The van der Waals surface area contributed by atoms with E-state index in [0.717, 1.165) is 11.1 Å². The van der Waals surface area contributed by atoms with Gasteiger partial charge in [-0.3, -0.25) is 9.59 Å². The summed E-state index contributed by atoms with van der Waals surface area (Å²) in [6.07, 6.45) is -0.0880. The number of carbonyl (C=O) groups is 2. The molecular weight excluding hydrogens is 349 g/mol. The van der Waals surface area contributed by atoms with Gasteiger partial charge in [0.05, 0.1) is 6.42 Å². The minimum absolute atomic E-state index is 0.0880. The first kappa shape index (κ1) is 18.3. The lowest BCUT2D eigenvalue weighted by atomic mass is 10.1. The summed E-state index contributed by atoms with van der Waals surface area (Å²) in [6.45, 7) is 3.51. The number of hydrogen-bond acceptors (Lipinski definition) is 3. The second kappa shape index (κ2) is 8.18. The molecule has 0 aromatic heterocycles. The van der Waals surface area contributed by atoms with Crippen molar-refractivity contribution in [2.45, 2.75) is 20.3 Å². The van der Waals surface area contributed by atoms with Gasteiger partial charge < -0.3 is 10.1 Å². The molecule has 0 fully saturated rings. The van der Waals surface area contributed by atoms with Crippen LogP contribution in [0.25, 0.3) is 0 Å². The molecule has 0 atom stereocenters. The topological polar surface area (TPSA) is 55.4 Å². The van der Waals surface area contributed by atoms with Crippen LogP contribution in [-0.4, -0.2) is 18.5 Å². The molecule has 1 N–H and O–H groups in total. The SMILES string of the molecule is Cc1cc(C)cc(NC(=O)COC(=O)Cc2c(Cl)cccc2Cl)c1. The van der Waals surface area contributed by atoms with Crippen LogP contribution in [-0.2, 0) is 20.7 Å². The Bertz CT molecular complexity index is 734. The van der Waals surface area contributed by atoms with Crippen molar-refractivity contribution in [2.24, 2.45) is 0 Å². The van der Waals surface area contributed by atoms with Crippen molar-refractivity contribution in [2.75, 3.05) is 11.9 Å². The normalized spacial score (nSPS) is 10.3. The highest BCUT2D eigenvalue weighted by Gasteiger charge is 2.13. The van der Waals surface area contributed by atoms with E-state index in [2.05, 4.69) is 5.32 Å². The Morgan fingerprint density at radius 2 is 1.62 bits per heavy atom. The summed E-state index contributed by atoms with van der Waals surface area (Å²) in [6, 6.07) is 10.7. The number of carbonyl (C=O) groups excluding carboxylic acids is 2. The van der Waals surface area contributed by atoms with Gasteiger partial charge in [-0.2, -0.15) is 0 Å². The Balaban J connectivity index is 1.88. The van der Waals surface area contributed by atoms with Gasteiger partial charge in [0.1, 0.15) is 0 Å². The molecule has 0 aliphatic heterocycles. The molecule has 2 aromatic carbocycles. The molecule has 0 saturated heterocycles. The largest absolute Gasteiger partial charge is 0.455 e. The average molecular weight is 366 g/mol. The molecule has 6 heteroatoms. The van der Waals surface area contributed by atoms with Crippen molar-refractivity contribution in [3.63, 3.8) is 0 Å². The fraction of sp³-hybridized carbons (Fsp3) is 0.222. The van der Waals surface area contributed by atoms with Crippen LogP contribution < -0.4 is 5.32 Å². The third kappa shape index (κ3) is 5.25. The predicted molar refractivity (Wildman–Crippen MR) is 95.7 cm³/mol. The second-order valence-corrected chi connectivity index (χ2v) is 6.28. The standard InChI is InChI=1S/C18H17Cl2NO3/c1-11-6-12(2)8-13(7-11)21-17(22)10-24-18(23)9-14-15(19)4-3-5-16(14)20/h3-8H,9-10H2,1-2H3,(H,21,22). The van der Waals surface area contributed by atoms with E-state index in [1.165, 1.54) is 0 Å². The van der Waals surface area contributed by atoms with Crippen molar-refractivity contribution in [3.8, 4) is 0 Å². The van der Waals surface area contributed by atoms with Gasteiger partial charge in [-0.25, -0.2) is 0 Å². The molecule has 0 aliphatic carbocycles. The summed E-state index contributed by atoms with van der Waals surface area (Å²) >= 11 is 12.0. The molecule has 0 unspecified atom stereocenters. The van der Waals surface area contributed by atoms with Crippen LogP contribution in [0.1, 0.15) is 16.7 Å². The lowest BCUT2D eigenvalue weighted by Crippen LogP contribution is -2.21. The molecule has 0 aliphatic rings. The molecule has 0 bridgehead atoms. The van der Waals surface area contributed by atoms with Crippen LogP contribution in [0.2, 0.25) is 10.0 Å². The van der Waals surface area contributed by atoms with Gasteiger partial charge in [0.2, 0.25) is 0 Å². The number of rotatable bonds is 5. The summed E-state index contributed by atoms with van der Waals surface area (Å²) in [7, 11) is 0. The quantitative estimate of drug-likeness (QED) is 0.802.